The van der Waals surface area contributed by atoms with E-state index >= 15 is 0 Å². The van der Waals surface area contributed by atoms with Gasteiger partial charge in [0.25, 0.3) is 0 Å². The van der Waals surface area contributed by atoms with Gasteiger partial charge in [-0.15, -0.1) is 0 Å². The molecule has 100 valence electrons. The molecule has 0 amide bonds. The molecule has 2 aromatic rings. The van der Waals surface area contributed by atoms with Crippen molar-refractivity contribution in [3.05, 3.63) is 35.4 Å². The van der Waals surface area contributed by atoms with E-state index in [0.29, 0.717) is 19.0 Å². The average molecular weight is 258 g/mol. The Balaban J connectivity index is 2.22. The van der Waals surface area contributed by atoms with Gasteiger partial charge in [0.1, 0.15) is 18.2 Å². The van der Waals surface area contributed by atoms with Crippen molar-refractivity contribution in [1.29, 1.82) is 0 Å². The van der Waals surface area contributed by atoms with Crippen LogP contribution in [0.1, 0.15) is 11.1 Å². The summed E-state index contributed by atoms with van der Waals surface area (Å²) in [6, 6.07) is 7.85. The number of ether oxygens (including phenoxy) is 1. The van der Waals surface area contributed by atoms with Gasteiger partial charge in [-0.3, -0.25) is 4.90 Å². The second-order valence-corrected chi connectivity index (χ2v) is 5.03. The van der Waals surface area contributed by atoms with Crippen LogP contribution in [-0.4, -0.2) is 30.8 Å². The van der Waals surface area contributed by atoms with E-state index in [1.54, 1.807) is 6.07 Å². The molecule has 0 aromatic heterocycles. The van der Waals surface area contributed by atoms with E-state index in [1.807, 2.05) is 20.2 Å². The maximum atomic E-state index is 10.00. The quantitative estimate of drug-likeness (QED) is 0.865. The molecule has 0 unspecified atom stereocenters. The van der Waals surface area contributed by atoms with Gasteiger partial charge in [0, 0.05) is 29.6 Å². The highest BCUT2D eigenvalue weighted by atomic mass is 16.5. The molecule has 2 aromatic carbocycles. The van der Waals surface area contributed by atoms with Crippen molar-refractivity contribution in [2.24, 2.45) is 0 Å². The lowest BCUT2D eigenvalue weighted by Crippen LogP contribution is -2.28. The van der Waals surface area contributed by atoms with Gasteiger partial charge in [-0.2, -0.15) is 0 Å². The van der Waals surface area contributed by atoms with E-state index in [9.17, 15) is 5.11 Å². The molecule has 1 aliphatic heterocycles. The highest BCUT2D eigenvalue weighted by molar-refractivity contribution is 5.93. The topological polar surface area (TPSA) is 44.7 Å². The fraction of sp³-hybridized carbons (Fsp3) is 0.333. The van der Waals surface area contributed by atoms with E-state index in [1.165, 1.54) is 5.56 Å². The first-order chi connectivity index (χ1) is 9.20. The van der Waals surface area contributed by atoms with Crippen LogP contribution >= 0.6 is 0 Å². The summed E-state index contributed by atoms with van der Waals surface area (Å²) in [7, 11) is 3.92. The first kappa shape index (κ1) is 12.3. The number of fused-ring (bicyclic) bond motifs is 3. The second kappa shape index (κ2) is 4.72. The van der Waals surface area contributed by atoms with Crippen LogP contribution in [0.4, 0.5) is 0 Å². The number of nitrogens with one attached hydrogen (secondary N) is 1. The number of phenols is 1. The SMILES string of the molecule is CNCc1c(O)ccc2c3c(ccc12)CN(C)CO3. The first-order valence-corrected chi connectivity index (χ1v) is 6.43. The monoisotopic (exact) mass is 258 g/mol. The minimum absolute atomic E-state index is 0.328. The molecule has 0 saturated carbocycles. The Bertz CT molecular complexity index is 625. The Morgan fingerprint density at radius 1 is 1.26 bits per heavy atom. The second-order valence-electron chi connectivity index (χ2n) is 5.03. The van der Waals surface area contributed by atoms with E-state index in [2.05, 4.69) is 22.3 Å². The van der Waals surface area contributed by atoms with E-state index in [0.717, 1.165) is 28.6 Å². The summed E-state index contributed by atoms with van der Waals surface area (Å²) in [5.41, 5.74) is 2.12. The third-order valence-corrected chi connectivity index (χ3v) is 3.54. The Kier molecular flexibility index (Phi) is 3.05. The number of phenolic OH excluding ortho intramolecular Hbond substituents is 1. The molecule has 4 nitrogen and oxygen atoms in total. The van der Waals surface area contributed by atoms with Crippen LogP contribution in [0, 0.1) is 0 Å². The predicted octanol–water partition coefficient (Wildman–Crippen LogP) is 2.05. The summed E-state index contributed by atoms with van der Waals surface area (Å²) in [4.78, 5) is 2.13. The van der Waals surface area contributed by atoms with Gasteiger partial charge in [0.15, 0.2) is 0 Å². The number of hydrogen-bond donors (Lipinski definition) is 2. The highest BCUT2D eigenvalue weighted by Crippen LogP contribution is 2.37. The molecule has 0 saturated heterocycles. The number of nitrogens with zero attached hydrogens (tertiary/aromatic N) is 1. The summed E-state index contributed by atoms with van der Waals surface area (Å²) in [6.45, 7) is 2.14. The predicted molar refractivity (Wildman–Crippen MR) is 75.3 cm³/mol. The van der Waals surface area contributed by atoms with E-state index in [4.69, 9.17) is 4.74 Å². The molecule has 2 N–H and O–H groups in total. The van der Waals surface area contributed by atoms with Crippen LogP contribution in [0.5, 0.6) is 11.5 Å². The van der Waals surface area contributed by atoms with Gasteiger partial charge in [-0.25, -0.2) is 0 Å². The zero-order valence-corrected chi connectivity index (χ0v) is 11.2. The van der Waals surface area contributed by atoms with Crippen LogP contribution in [0.15, 0.2) is 24.3 Å². The Hall–Kier alpha value is -1.78. The van der Waals surface area contributed by atoms with Crippen molar-refractivity contribution in [3.63, 3.8) is 0 Å². The molecular weight excluding hydrogens is 240 g/mol. The van der Waals surface area contributed by atoms with Crippen molar-refractivity contribution in [1.82, 2.24) is 10.2 Å². The van der Waals surface area contributed by atoms with E-state index in [-0.39, 0.29) is 0 Å². The molecule has 0 spiro atoms. The molecule has 19 heavy (non-hydrogen) atoms. The summed E-state index contributed by atoms with van der Waals surface area (Å²) in [5.74, 6) is 1.28. The van der Waals surface area contributed by atoms with Crippen LogP contribution < -0.4 is 10.1 Å². The first-order valence-electron chi connectivity index (χ1n) is 6.43. The highest BCUT2D eigenvalue weighted by Gasteiger charge is 2.18. The number of hydrogen-bond acceptors (Lipinski definition) is 4. The third kappa shape index (κ3) is 2.03. The molecule has 0 atom stereocenters. The van der Waals surface area contributed by atoms with Crippen molar-refractivity contribution in [2.45, 2.75) is 13.1 Å². The van der Waals surface area contributed by atoms with Gasteiger partial charge in [-0.1, -0.05) is 12.1 Å². The Morgan fingerprint density at radius 3 is 2.84 bits per heavy atom. The number of aromatic hydroxyl groups is 1. The molecule has 4 heteroatoms. The number of benzene rings is 2. The van der Waals surface area contributed by atoms with Crippen LogP contribution in [0.2, 0.25) is 0 Å². The molecule has 0 radical (unpaired) electrons. The van der Waals surface area contributed by atoms with Crippen molar-refractivity contribution < 1.29 is 9.84 Å². The molecule has 1 aliphatic rings. The molecule has 1 heterocycles. The maximum Gasteiger partial charge on any atom is 0.142 e. The molecule has 3 rings (SSSR count). The lowest BCUT2D eigenvalue weighted by molar-refractivity contribution is 0.123. The fourth-order valence-corrected chi connectivity index (χ4v) is 2.64. The smallest absolute Gasteiger partial charge is 0.142 e. The van der Waals surface area contributed by atoms with Crippen LogP contribution in [0.25, 0.3) is 10.8 Å². The minimum Gasteiger partial charge on any atom is -0.508 e. The maximum absolute atomic E-state index is 10.00. The lowest BCUT2D eigenvalue weighted by Gasteiger charge is -2.27. The normalized spacial score (nSPS) is 15.3. The number of rotatable bonds is 2. The largest absolute Gasteiger partial charge is 0.508 e. The molecule has 0 aliphatic carbocycles. The van der Waals surface area contributed by atoms with Crippen molar-refractivity contribution in [2.75, 3.05) is 20.8 Å². The van der Waals surface area contributed by atoms with Crippen molar-refractivity contribution in [3.8, 4) is 11.5 Å². The van der Waals surface area contributed by atoms with Crippen LogP contribution in [0.3, 0.4) is 0 Å². The van der Waals surface area contributed by atoms with Gasteiger partial charge < -0.3 is 15.2 Å². The van der Waals surface area contributed by atoms with Gasteiger partial charge in [0.05, 0.1) is 0 Å². The lowest BCUT2D eigenvalue weighted by atomic mass is 9.99. The zero-order chi connectivity index (χ0) is 13.4. The summed E-state index contributed by atoms with van der Waals surface area (Å²) < 4.78 is 5.85. The Morgan fingerprint density at radius 2 is 2.05 bits per heavy atom. The van der Waals surface area contributed by atoms with Gasteiger partial charge >= 0.3 is 0 Å². The standard InChI is InChI=1S/C15H18N2O2/c1-16-7-13-11-4-3-10-8-17(2)9-19-15(10)12(11)5-6-14(13)18/h3-6,16,18H,7-9H2,1-2H3. The average Bonchev–Trinajstić information content (AvgIpc) is 2.41. The van der Waals surface area contributed by atoms with E-state index < -0.39 is 0 Å². The Labute approximate surface area is 112 Å². The zero-order valence-electron chi connectivity index (χ0n) is 11.2. The van der Waals surface area contributed by atoms with Gasteiger partial charge in [-0.05, 0) is 31.6 Å². The summed E-state index contributed by atoms with van der Waals surface area (Å²) >= 11 is 0. The summed E-state index contributed by atoms with van der Waals surface area (Å²) in [5, 5.41) is 15.2. The minimum atomic E-state index is 0.328. The summed E-state index contributed by atoms with van der Waals surface area (Å²) in [6.07, 6.45) is 0. The fourth-order valence-electron chi connectivity index (χ4n) is 2.64. The molecule has 0 fully saturated rings. The molecular formula is C15H18N2O2. The molecule has 0 bridgehead atoms. The van der Waals surface area contributed by atoms with Crippen molar-refractivity contribution >= 4 is 10.8 Å². The van der Waals surface area contributed by atoms with Crippen LogP contribution in [-0.2, 0) is 13.1 Å². The van der Waals surface area contributed by atoms with Gasteiger partial charge in [0.2, 0.25) is 0 Å². The third-order valence-electron chi connectivity index (χ3n) is 3.54.